The molecule has 0 aliphatic heterocycles. The maximum atomic E-state index is 11.4. The minimum atomic E-state index is -3.50. The van der Waals surface area contributed by atoms with Crippen LogP contribution in [0, 0.1) is 0 Å². The topological polar surface area (TPSA) is 173 Å². The van der Waals surface area contributed by atoms with E-state index in [-0.39, 0.29) is 63.7 Å². The Balaban J connectivity index is -0.000000648. The first-order valence-corrected chi connectivity index (χ1v) is 16.8. The maximum Gasteiger partial charge on any atom is 2.00 e. The van der Waals surface area contributed by atoms with E-state index in [1.807, 2.05) is 0 Å². The summed E-state index contributed by atoms with van der Waals surface area (Å²) in [5, 5.41) is 22.5. The van der Waals surface area contributed by atoms with Crippen LogP contribution in [-0.2, 0) is 29.6 Å². The zero-order chi connectivity index (χ0) is 29.1. The first kappa shape index (κ1) is 43.0. The van der Waals surface area contributed by atoms with Gasteiger partial charge < -0.3 is 19.8 Å². The quantitative estimate of drug-likeness (QED) is 0.122. The molecular formula is C26H48CaN2O8S2. The number of carboxylic acid groups (broad SMARTS) is 2. The van der Waals surface area contributed by atoms with Gasteiger partial charge in [0, 0.05) is 48.7 Å². The molecule has 0 rings (SSSR count). The molecule has 0 amide bonds. The SMILES string of the molecule is CCCCCCCC/C=C/S(=O)(=O)NCCC(=O)[O-].CCCCCCCC/C=C/S(=O)(=O)NCCC(=O)[O-].[Ca+2]. The summed E-state index contributed by atoms with van der Waals surface area (Å²) >= 11 is 0. The molecule has 0 saturated heterocycles. The monoisotopic (exact) mass is 620 g/mol. The summed E-state index contributed by atoms with van der Waals surface area (Å²) in [6.07, 6.45) is 18.1. The molecule has 0 radical (unpaired) electrons. The molecule has 0 atom stereocenters. The van der Waals surface area contributed by atoms with Crippen molar-refractivity contribution in [2.24, 2.45) is 0 Å². The fourth-order valence-corrected chi connectivity index (χ4v) is 4.91. The fourth-order valence-electron chi connectivity index (χ4n) is 3.16. The second-order valence-electron chi connectivity index (χ2n) is 8.98. The van der Waals surface area contributed by atoms with Crippen molar-refractivity contribution in [3.05, 3.63) is 23.0 Å². The molecule has 39 heavy (non-hydrogen) atoms. The second kappa shape index (κ2) is 29.0. The van der Waals surface area contributed by atoms with Gasteiger partial charge in [-0.2, -0.15) is 0 Å². The molecule has 0 unspecified atom stereocenters. The number of unbranched alkanes of at least 4 members (excludes halogenated alkanes) is 12. The van der Waals surface area contributed by atoms with Crippen LogP contribution in [0.3, 0.4) is 0 Å². The third-order valence-corrected chi connectivity index (χ3v) is 7.58. The summed E-state index contributed by atoms with van der Waals surface area (Å²) in [6, 6.07) is 0. The summed E-state index contributed by atoms with van der Waals surface area (Å²) in [4.78, 5) is 20.3. The van der Waals surface area contributed by atoms with Gasteiger partial charge in [-0.05, 0) is 25.7 Å². The van der Waals surface area contributed by atoms with Gasteiger partial charge in [0.1, 0.15) is 0 Å². The number of carboxylic acids is 2. The molecule has 0 bridgehead atoms. The number of carbonyl (C=O) groups is 2. The number of carbonyl (C=O) groups excluding carboxylic acids is 2. The molecule has 0 aliphatic carbocycles. The Kier molecular flexibility index (Phi) is 32.0. The Hall–Kier alpha value is -0.500. The van der Waals surface area contributed by atoms with E-state index in [2.05, 4.69) is 23.3 Å². The smallest absolute Gasteiger partial charge is 0.550 e. The number of hydrogen-bond donors (Lipinski definition) is 2. The number of sulfonamides is 2. The van der Waals surface area contributed by atoms with Crippen molar-refractivity contribution in [2.75, 3.05) is 13.1 Å². The van der Waals surface area contributed by atoms with Crippen LogP contribution in [-0.4, -0.2) is 79.6 Å². The van der Waals surface area contributed by atoms with Gasteiger partial charge in [0.05, 0.1) is 0 Å². The standard InChI is InChI=1S/2C13H25NO4S.Ca/c2*1-2-3-4-5-6-7-8-9-12-19(17,18)14-11-10-13(15)16;/h2*9,12,14H,2-8,10-11H2,1H3,(H,15,16);/q;;+2/p-2/b2*12-9+;. The summed E-state index contributed by atoms with van der Waals surface area (Å²) < 4.78 is 49.8. The van der Waals surface area contributed by atoms with Gasteiger partial charge in [-0.15, -0.1) is 0 Å². The van der Waals surface area contributed by atoms with Gasteiger partial charge in [-0.1, -0.05) is 90.2 Å². The van der Waals surface area contributed by atoms with E-state index in [1.165, 1.54) is 51.4 Å². The van der Waals surface area contributed by atoms with Crippen molar-refractivity contribution >= 4 is 69.7 Å². The van der Waals surface area contributed by atoms with E-state index in [4.69, 9.17) is 0 Å². The number of allylic oxidation sites excluding steroid dienone is 2. The van der Waals surface area contributed by atoms with Gasteiger partial charge in [-0.25, -0.2) is 26.3 Å². The molecule has 0 heterocycles. The summed E-state index contributed by atoms with van der Waals surface area (Å²) in [6.45, 7) is 4.07. The van der Waals surface area contributed by atoms with Crippen LogP contribution in [0.5, 0.6) is 0 Å². The van der Waals surface area contributed by atoms with E-state index < -0.39 is 32.0 Å². The van der Waals surface area contributed by atoms with E-state index in [9.17, 15) is 36.6 Å². The number of aliphatic carboxylic acids is 2. The molecular weight excluding hydrogens is 573 g/mol. The van der Waals surface area contributed by atoms with Gasteiger partial charge in [-0.3, -0.25) is 0 Å². The fraction of sp³-hybridized carbons (Fsp3) is 0.769. The Labute approximate surface area is 266 Å². The third-order valence-electron chi connectivity index (χ3n) is 5.26. The van der Waals surface area contributed by atoms with E-state index in [0.29, 0.717) is 0 Å². The molecule has 0 spiro atoms. The minimum Gasteiger partial charge on any atom is -0.550 e. The zero-order valence-corrected chi connectivity index (χ0v) is 27.7. The van der Waals surface area contributed by atoms with Crippen molar-refractivity contribution in [1.82, 2.24) is 9.44 Å². The number of hydrogen-bond acceptors (Lipinski definition) is 8. The Morgan fingerprint density at radius 1 is 0.590 bits per heavy atom. The molecule has 0 aromatic heterocycles. The van der Waals surface area contributed by atoms with Crippen molar-refractivity contribution in [1.29, 1.82) is 0 Å². The van der Waals surface area contributed by atoms with Crippen LogP contribution in [0.15, 0.2) is 23.0 Å². The van der Waals surface area contributed by atoms with Crippen LogP contribution in [0.1, 0.15) is 117 Å². The van der Waals surface area contributed by atoms with Crippen LogP contribution >= 0.6 is 0 Å². The zero-order valence-electron chi connectivity index (χ0n) is 23.8. The number of rotatable bonds is 24. The summed E-state index contributed by atoms with van der Waals surface area (Å²) in [5.41, 5.74) is 0. The van der Waals surface area contributed by atoms with E-state index in [0.717, 1.165) is 49.3 Å². The Bertz CT molecular complexity index is 804. The molecule has 0 aromatic rings. The molecule has 13 heteroatoms. The van der Waals surface area contributed by atoms with Crippen LogP contribution in [0.2, 0.25) is 0 Å². The van der Waals surface area contributed by atoms with Gasteiger partial charge in [0.2, 0.25) is 20.0 Å². The van der Waals surface area contributed by atoms with Crippen molar-refractivity contribution < 1.29 is 36.6 Å². The Morgan fingerprint density at radius 3 is 1.21 bits per heavy atom. The van der Waals surface area contributed by atoms with Crippen molar-refractivity contribution in [3.63, 3.8) is 0 Å². The minimum absolute atomic E-state index is 0. The molecule has 0 aromatic carbocycles. The third kappa shape index (κ3) is 37.5. The average molecular weight is 621 g/mol. The van der Waals surface area contributed by atoms with Crippen LogP contribution in [0.4, 0.5) is 0 Å². The molecule has 0 aliphatic rings. The van der Waals surface area contributed by atoms with E-state index in [1.54, 1.807) is 12.2 Å². The van der Waals surface area contributed by atoms with Crippen LogP contribution in [0.25, 0.3) is 0 Å². The normalized spacial score (nSPS) is 11.7. The van der Waals surface area contributed by atoms with Crippen molar-refractivity contribution in [3.8, 4) is 0 Å². The molecule has 224 valence electrons. The van der Waals surface area contributed by atoms with Gasteiger partial charge in [0.15, 0.2) is 0 Å². The molecule has 0 saturated carbocycles. The summed E-state index contributed by atoms with van der Waals surface area (Å²) in [5.74, 6) is -2.53. The van der Waals surface area contributed by atoms with Crippen molar-refractivity contribution in [2.45, 2.75) is 117 Å². The Morgan fingerprint density at radius 2 is 0.897 bits per heavy atom. The number of nitrogens with one attached hydrogen (secondary N) is 2. The van der Waals surface area contributed by atoms with E-state index >= 15 is 0 Å². The predicted molar refractivity (Wildman–Crippen MR) is 153 cm³/mol. The summed E-state index contributed by atoms with van der Waals surface area (Å²) in [7, 11) is -7.00. The average Bonchev–Trinajstić information content (AvgIpc) is 2.82. The molecule has 2 N–H and O–H groups in total. The van der Waals surface area contributed by atoms with Gasteiger partial charge >= 0.3 is 37.7 Å². The first-order chi connectivity index (χ1) is 18.0. The maximum absolute atomic E-state index is 11.4. The second-order valence-corrected chi connectivity index (χ2v) is 12.3. The largest absolute Gasteiger partial charge is 2.00 e. The molecule has 10 nitrogen and oxygen atoms in total. The van der Waals surface area contributed by atoms with Crippen LogP contribution < -0.4 is 19.7 Å². The predicted octanol–water partition coefficient (Wildman–Crippen LogP) is 2.24. The first-order valence-electron chi connectivity index (χ1n) is 13.7. The van der Waals surface area contributed by atoms with Gasteiger partial charge in [0.25, 0.3) is 0 Å². The molecule has 0 fully saturated rings.